The number of furan rings is 1. The molecule has 0 atom stereocenters. The van der Waals surface area contributed by atoms with E-state index in [9.17, 15) is 13.2 Å². The number of carbonyl (C=O) groups is 1. The Kier molecular flexibility index (Phi) is 5.35. The Balaban J connectivity index is 1.66. The molecular weight excluding hydrogens is 471 g/mol. The van der Waals surface area contributed by atoms with Crippen molar-refractivity contribution in [3.63, 3.8) is 0 Å². The van der Waals surface area contributed by atoms with Crippen LogP contribution in [0.25, 0.3) is 17.4 Å². The van der Waals surface area contributed by atoms with E-state index >= 15 is 0 Å². The summed E-state index contributed by atoms with van der Waals surface area (Å²) in [6.07, 6.45) is 1.36. The molecule has 0 spiro atoms. The van der Waals surface area contributed by atoms with Crippen LogP contribution in [0.4, 0.5) is 0 Å². The number of nitrogens with one attached hydrogen (secondary N) is 1. The molecule has 3 heterocycles. The van der Waals surface area contributed by atoms with Crippen LogP contribution in [0.3, 0.4) is 0 Å². The van der Waals surface area contributed by atoms with Gasteiger partial charge in [-0.05, 0) is 48.2 Å². The Morgan fingerprint density at radius 3 is 2.70 bits per heavy atom. The van der Waals surface area contributed by atoms with Crippen molar-refractivity contribution >= 4 is 72.2 Å². The van der Waals surface area contributed by atoms with Gasteiger partial charge in [0, 0.05) is 5.56 Å². The van der Waals surface area contributed by atoms with Gasteiger partial charge in [0.1, 0.15) is 11.5 Å². The molecule has 1 aromatic heterocycles. The third-order valence-electron chi connectivity index (χ3n) is 4.20. The lowest BCUT2D eigenvalue weighted by atomic mass is 10.1. The number of hydrogen-bond donors (Lipinski definition) is 1. The fraction of sp³-hybridized carbons (Fsp3) is 0.111. The van der Waals surface area contributed by atoms with E-state index in [4.69, 9.17) is 33.0 Å². The first kappa shape index (κ1) is 20.9. The first-order chi connectivity index (χ1) is 14.2. The smallest absolute Gasteiger partial charge is 0.283 e. The van der Waals surface area contributed by atoms with Crippen molar-refractivity contribution in [3.05, 3.63) is 51.7 Å². The second kappa shape index (κ2) is 7.69. The van der Waals surface area contributed by atoms with Crippen LogP contribution in [-0.2, 0) is 14.6 Å². The molecule has 1 N–H and O–H groups in total. The second-order valence-corrected chi connectivity index (χ2v) is 10.3. The number of benzene rings is 1. The predicted molar refractivity (Wildman–Crippen MR) is 119 cm³/mol. The number of hydrazone groups is 1. The predicted octanol–water partition coefficient (Wildman–Crippen LogP) is 4.26. The van der Waals surface area contributed by atoms with Crippen molar-refractivity contribution in [3.8, 4) is 11.3 Å². The summed E-state index contributed by atoms with van der Waals surface area (Å²) in [4.78, 5) is 16.3. The van der Waals surface area contributed by atoms with Gasteiger partial charge in [0.15, 0.2) is 5.84 Å². The van der Waals surface area contributed by atoms with Crippen LogP contribution < -0.4 is 0 Å². The number of sulfone groups is 1. The minimum Gasteiger partial charge on any atom is -0.457 e. The molecule has 0 unspecified atom stereocenters. The van der Waals surface area contributed by atoms with Gasteiger partial charge in [-0.2, -0.15) is 10.0 Å². The van der Waals surface area contributed by atoms with Crippen molar-refractivity contribution in [2.75, 3.05) is 5.75 Å². The Bertz CT molecular complexity index is 1300. The molecule has 8 nitrogen and oxygen atoms in total. The van der Waals surface area contributed by atoms with Crippen molar-refractivity contribution in [2.45, 2.75) is 6.92 Å². The number of halogens is 2. The van der Waals surface area contributed by atoms with Crippen molar-refractivity contribution < 1.29 is 17.6 Å². The molecule has 154 valence electrons. The molecule has 0 bridgehead atoms. The lowest BCUT2D eigenvalue weighted by molar-refractivity contribution is -0.114. The summed E-state index contributed by atoms with van der Waals surface area (Å²) in [5.74, 6) is -0.318. The van der Waals surface area contributed by atoms with Gasteiger partial charge < -0.3 is 4.42 Å². The van der Waals surface area contributed by atoms with E-state index < -0.39 is 15.7 Å². The molecule has 0 radical (unpaired) electrons. The van der Waals surface area contributed by atoms with Gasteiger partial charge in [-0.15, -0.1) is 5.10 Å². The first-order valence-corrected chi connectivity index (χ1v) is 11.7. The Hall–Kier alpha value is -2.40. The number of hydrogen-bond acceptors (Lipinski definition) is 7. The van der Waals surface area contributed by atoms with Crippen molar-refractivity contribution in [1.82, 2.24) is 5.01 Å². The number of aliphatic imine (C=N–C) groups is 1. The standard InChI is InChI=1S/C18H12Cl2N4O4S2/c1-2-30(26,27)18-23-24-15(21)11(16(25)22-17(24)29-18)8-10-4-6-14(28-10)9-3-5-12(19)13(20)7-9/h3-8,21H,2H2,1H3/b11-8-,21-15?. The van der Waals surface area contributed by atoms with E-state index in [1.165, 1.54) is 13.0 Å². The molecule has 0 aliphatic carbocycles. The number of amidine groups is 2. The number of carbonyl (C=O) groups excluding carboxylic acids is 1. The molecule has 2 aromatic rings. The number of fused-ring (bicyclic) bond motifs is 1. The lowest BCUT2D eigenvalue weighted by Gasteiger charge is -2.19. The fourth-order valence-electron chi connectivity index (χ4n) is 2.60. The van der Waals surface area contributed by atoms with E-state index in [0.717, 1.165) is 16.8 Å². The normalized spacial score (nSPS) is 18.0. The fourth-order valence-corrected chi connectivity index (χ4v) is 5.06. The van der Waals surface area contributed by atoms with Crippen molar-refractivity contribution in [2.24, 2.45) is 10.1 Å². The summed E-state index contributed by atoms with van der Waals surface area (Å²) in [6.45, 7) is 1.49. The van der Waals surface area contributed by atoms with E-state index in [-0.39, 0.29) is 26.7 Å². The molecular formula is C18H12Cl2N4O4S2. The number of rotatable bonds is 3. The van der Waals surface area contributed by atoms with Gasteiger partial charge >= 0.3 is 0 Å². The van der Waals surface area contributed by atoms with E-state index in [0.29, 0.717) is 27.1 Å². The maximum atomic E-state index is 12.4. The average molecular weight is 483 g/mol. The summed E-state index contributed by atoms with van der Waals surface area (Å²) >= 11 is 12.7. The highest BCUT2D eigenvalue weighted by atomic mass is 35.5. The summed E-state index contributed by atoms with van der Waals surface area (Å²) in [6, 6.07) is 8.34. The van der Waals surface area contributed by atoms with E-state index in [1.54, 1.807) is 30.3 Å². The van der Waals surface area contributed by atoms with Crippen LogP contribution in [0.5, 0.6) is 0 Å². The zero-order chi connectivity index (χ0) is 21.6. The van der Waals surface area contributed by atoms with Gasteiger partial charge in [-0.3, -0.25) is 10.2 Å². The van der Waals surface area contributed by atoms with Crippen LogP contribution in [0.1, 0.15) is 12.7 Å². The Morgan fingerprint density at radius 2 is 2.00 bits per heavy atom. The van der Waals surface area contributed by atoms with Crippen LogP contribution in [-0.4, -0.2) is 40.5 Å². The number of nitrogens with zero attached hydrogens (tertiary/aromatic N) is 3. The SMILES string of the molecule is CCS(=O)(=O)C1=NN2C(=N)/C(=C/c3ccc(-c4ccc(Cl)c(Cl)c4)o3)C(=O)N=C2S1. The highest BCUT2D eigenvalue weighted by Crippen LogP contribution is 2.32. The number of amides is 1. The van der Waals surface area contributed by atoms with Gasteiger partial charge in [-0.1, -0.05) is 30.1 Å². The summed E-state index contributed by atoms with van der Waals surface area (Å²) < 4.78 is 29.6. The topological polar surface area (TPSA) is 116 Å². The minimum atomic E-state index is -3.58. The van der Waals surface area contributed by atoms with Crippen LogP contribution in [0, 0.1) is 5.41 Å². The lowest BCUT2D eigenvalue weighted by Crippen LogP contribution is -2.35. The third-order valence-corrected chi connectivity index (χ3v) is 8.03. The highest BCUT2D eigenvalue weighted by Gasteiger charge is 2.39. The average Bonchev–Trinajstić information content (AvgIpc) is 3.35. The van der Waals surface area contributed by atoms with Crippen molar-refractivity contribution in [1.29, 1.82) is 5.41 Å². The van der Waals surface area contributed by atoms with E-state index in [1.807, 2.05) is 0 Å². The second-order valence-electron chi connectivity index (χ2n) is 6.12. The molecule has 2 aliphatic heterocycles. The molecule has 30 heavy (non-hydrogen) atoms. The van der Waals surface area contributed by atoms with Crippen LogP contribution >= 0.6 is 35.0 Å². The molecule has 0 saturated heterocycles. The number of thioether (sulfide) groups is 1. The summed E-state index contributed by atoms with van der Waals surface area (Å²) in [7, 11) is -3.58. The van der Waals surface area contributed by atoms with Gasteiger partial charge in [-0.25, -0.2) is 8.42 Å². The quantitative estimate of drug-likeness (QED) is 0.652. The zero-order valence-corrected chi connectivity index (χ0v) is 18.4. The summed E-state index contributed by atoms with van der Waals surface area (Å²) in [5, 5.41) is 14.1. The molecule has 0 saturated carbocycles. The zero-order valence-electron chi connectivity index (χ0n) is 15.2. The summed E-state index contributed by atoms with van der Waals surface area (Å²) in [5.41, 5.74) is 0.614. The van der Waals surface area contributed by atoms with Gasteiger partial charge in [0.05, 0.1) is 21.4 Å². The Morgan fingerprint density at radius 1 is 1.23 bits per heavy atom. The largest absolute Gasteiger partial charge is 0.457 e. The van der Waals surface area contributed by atoms with Gasteiger partial charge in [0.25, 0.3) is 5.91 Å². The molecule has 0 fully saturated rings. The monoisotopic (exact) mass is 482 g/mol. The highest BCUT2D eigenvalue weighted by molar-refractivity contribution is 8.42. The molecule has 4 rings (SSSR count). The molecule has 2 aliphatic rings. The molecule has 1 aromatic carbocycles. The maximum absolute atomic E-state index is 12.4. The third kappa shape index (κ3) is 3.71. The molecule has 12 heteroatoms. The maximum Gasteiger partial charge on any atom is 0.283 e. The Labute approximate surface area is 185 Å². The minimum absolute atomic E-state index is 0.0325. The molecule has 1 amide bonds. The van der Waals surface area contributed by atoms with Crippen LogP contribution in [0.2, 0.25) is 10.0 Å². The van der Waals surface area contributed by atoms with E-state index in [2.05, 4.69) is 10.1 Å². The first-order valence-electron chi connectivity index (χ1n) is 8.48. The van der Waals surface area contributed by atoms with Crippen LogP contribution in [0.15, 0.2) is 50.4 Å². The van der Waals surface area contributed by atoms with Gasteiger partial charge in [0.2, 0.25) is 19.4 Å².